The van der Waals surface area contributed by atoms with Crippen LogP contribution < -0.4 is 15.6 Å². The lowest BCUT2D eigenvalue weighted by Gasteiger charge is -2.13. The molecule has 0 aliphatic heterocycles. The zero-order valence-electron chi connectivity index (χ0n) is 15.1. The van der Waals surface area contributed by atoms with Gasteiger partial charge in [0.15, 0.2) is 0 Å². The van der Waals surface area contributed by atoms with Crippen LogP contribution >= 0.6 is 0 Å². The molecule has 0 saturated heterocycles. The molecule has 0 unspecified atom stereocenters. The van der Waals surface area contributed by atoms with Crippen molar-refractivity contribution >= 4 is 22.4 Å². The fourth-order valence-corrected chi connectivity index (χ4v) is 3.06. The second-order valence-corrected chi connectivity index (χ2v) is 6.16. The van der Waals surface area contributed by atoms with Gasteiger partial charge in [0.25, 0.3) is 11.5 Å². The number of rotatable bonds is 4. The minimum absolute atomic E-state index is 0.207. The molecular formula is C22H17N3O3. The molecule has 0 radical (unpaired) electrons. The van der Waals surface area contributed by atoms with Gasteiger partial charge >= 0.3 is 0 Å². The lowest BCUT2D eigenvalue weighted by Crippen LogP contribution is -2.22. The minimum atomic E-state index is -0.319. The number of hydrogen-bond donors (Lipinski definition) is 1. The van der Waals surface area contributed by atoms with Gasteiger partial charge in [0, 0.05) is 29.2 Å². The molecular weight excluding hydrogens is 354 g/mol. The zero-order chi connectivity index (χ0) is 19.5. The third-order valence-electron chi connectivity index (χ3n) is 4.42. The van der Waals surface area contributed by atoms with E-state index in [-0.39, 0.29) is 11.5 Å². The number of nitrogens with zero attached hydrogens (tertiary/aromatic N) is 2. The maximum Gasteiger partial charge on any atom is 0.262 e. The number of hydrogen-bond acceptors (Lipinski definition) is 4. The van der Waals surface area contributed by atoms with Gasteiger partial charge in [-0.1, -0.05) is 24.3 Å². The fourth-order valence-electron chi connectivity index (χ4n) is 3.06. The topological polar surface area (TPSA) is 73.2 Å². The highest BCUT2D eigenvalue weighted by atomic mass is 16.5. The minimum Gasteiger partial charge on any atom is -0.497 e. The second-order valence-electron chi connectivity index (χ2n) is 6.16. The van der Waals surface area contributed by atoms with E-state index >= 15 is 0 Å². The van der Waals surface area contributed by atoms with Crippen molar-refractivity contribution in [2.75, 3.05) is 12.4 Å². The number of anilines is 1. The highest BCUT2D eigenvalue weighted by Gasteiger charge is 2.16. The molecule has 0 fully saturated rings. The van der Waals surface area contributed by atoms with E-state index < -0.39 is 0 Å². The summed E-state index contributed by atoms with van der Waals surface area (Å²) >= 11 is 0. The average Bonchev–Trinajstić information content (AvgIpc) is 2.75. The van der Waals surface area contributed by atoms with Crippen molar-refractivity contribution in [1.29, 1.82) is 0 Å². The van der Waals surface area contributed by atoms with Crippen molar-refractivity contribution in [3.05, 3.63) is 95.2 Å². The highest BCUT2D eigenvalue weighted by molar-refractivity contribution is 6.12. The van der Waals surface area contributed by atoms with Crippen molar-refractivity contribution in [3.63, 3.8) is 0 Å². The second kappa shape index (κ2) is 7.36. The number of amides is 1. The summed E-state index contributed by atoms with van der Waals surface area (Å²) in [5.74, 6) is 0.305. The van der Waals surface area contributed by atoms with Crippen molar-refractivity contribution in [2.45, 2.75) is 0 Å². The molecule has 0 saturated carbocycles. The van der Waals surface area contributed by atoms with Gasteiger partial charge in [-0.15, -0.1) is 0 Å². The van der Waals surface area contributed by atoms with Crippen molar-refractivity contribution in [2.24, 2.45) is 0 Å². The summed E-state index contributed by atoms with van der Waals surface area (Å²) in [6, 6.07) is 17.7. The number of ether oxygens (including phenoxy) is 1. The molecule has 4 aromatic rings. The van der Waals surface area contributed by atoms with Gasteiger partial charge in [-0.05, 0) is 30.3 Å². The van der Waals surface area contributed by atoms with Gasteiger partial charge in [-0.25, -0.2) is 0 Å². The van der Waals surface area contributed by atoms with Gasteiger partial charge in [0.1, 0.15) is 5.75 Å². The molecule has 0 bridgehead atoms. The molecule has 28 heavy (non-hydrogen) atoms. The Kier molecular flexibility index (Phi) is 4.60. The Morgan fingerprint density at radius 3 is 2.61 bits per heavy atom. The molecule has 2 aromatic heterocycles. The molecule has 138 valence electrons. The number of pyridine rings is 2. The molecule has 2 heterocycles. The van der Waals surface area contributed by atoms with Crippen LogP contribution in [0.15, 0.2) is 84.0 Å². The summed E-state index contributed by atoms with van der Waals surface area (Å²) in [7, 11) is 1.56. The summed E-state index contributed by atoms with van der Waals surface area (Å²) in [5.41, 5.74) is 1.38. The number of carbonyl (C=O) groups is 1. The van der Waals surface area contributed by atoms with Crippen LogP contribution in [0.3, 0.4) is 0 Å². The van der Waals surface area contributed by atoms with E-state index in [1.54, 1.807) is 86.4 Å². The first-order chi connectivity index (χ1) is 13.7. The quantitative estimate of drug-likeness (QED) is 0.594. The predicted octanol–water partition coefficient (Wildman–Crippen LogP) is 3.65. The first-order valence-corrected chi connectivity index (χ1v) is 8.67. The van der Waals surface area contributed by atoms with Crippen LogP contribution in [0.5, 0.6) is 5.75 Å². The number of fused-ring (bicyclic) bond motifs is 1. The van der Waals surface area contributed by atoms with Crippen LogP contribution in [0.4, 0.5) is 5.69 Å². The maximum absolute atomic E-state index is 13.0. The van der Waals surface area contributed by atoms with Crippen LogP contribution in [0.25, 0.3) is 16.5 Å². The van der Waals surface area contributed by atoms with E-state index in [0.717, 1.165) is 0 Å². The summed E-state index contributed by atoms with van der Waals surface area (Å²) < 4.78 is 6.72. The normalized spacial score (nSPS) is 10.6. The Morgan fingerprint density at radius 1 is 1.04 bits per heavy atom. The van der Waals surface area contributed by atoms with Crippen LogP contribution in [0.1, 0.15) is 10.4 Å². The number of nitrogens with one attached hydrogen (secondary N) is 1. The summed E-state index contributed by atoms with van der Waals surface area (Å²) in [6.07, 6.45) is 4.76. The molecule has 0 aliphatic rings. The Bertz CT molecular complexity index is 1220. The van der Waals surface area contributed by atoms with E-state index in [4.69, 9.17) is 4.74 Å². The highest BCUT2D eigenvalue weighted by Crippen LogP contribution is 2.21. The first-order valence-electron chi connectivity index (χ1n) is 8.67. The third-order valence-corrected chi connectivity index (χ3v) is 4.42. The lowest BCUT2D eigenvalue weighted by atomic mass is 10.1. The number of benzene rings is 2. The molecule has 6 heteroatoms. The van der Waals surface area contributed by atoms with E-state index in [9.17, 15) is 9.59 Å². The van der Waals surface area contributed by atoms with Crippen LogP contribution in [-0.4, -0.2) is 22.6 Å². The predicted molar refractivity (Wildman–Crippen MR) is 108 cm³/mol. The standard InChI is InChI=1S/C22H17N3O3/c1-28-17-8-4-7-16(12-17)25-14-20(18-9-2-3-10-19(18)22(25)27)21(26)24-15-6-5-11-23-13-15/h2-14H,1H3,(H,24,26). The largest absolute Gasteiger partial charge is 0.497 e. The summed E-state index contributed by atoms with van der Waals surface area (Å²) in [4.78, 5) is 30.0. The number of aromatic nitrogens is 2. The Morgan fingerprint density at radius 2 is 1.86 bits per heavy atom. The lowest BCUT2D eigenvalue weighted by molar-refractivity contribution is 0.102. The average molecular weight is 371 g/mol. The van der Waals surface area contributed by atoms with Gasteiger partial charge in [-0.2, -0.15) is 0 Å². The van der Waals surface area contributed by atoms with Crippen LogP contribution in [-0.2, 0) is 0 Å². The molecule has 0 atom stereocenters. The van der Waals surface area contributed by atoms with E-state index in [2.05, 4.69) is 10.3 Å². The summed E-state index contributed by atoms with van der Waals surface area (Å²) in [5, 5.41) is 3.88. The SMILES string of the molecule is COc1cccc(-n2cc(C(=O)Nc3cccnc3)c3ccccc3c2=O)c1. The molecule has 6 nitrogen and oxygen atoms in total. The molecule has 0 aliphatic carbocycles. The van der Waals surface area contributed by atoms with Crippen LogP contribution in [0, 0.1) is 0 Å². The van der Waals surface area contributed by atoms with Gasteiger partial charge in [0.05, 0.1) is 30.2 Å². The number of carbonyl (C=O) groups excluding carboxylic acids is 1. The van der Waals surface area contributed by atoms with E-state index in [0.29, 0.717) is 33.5 Å². The van der Waals surface area contributed by atoms with Crippen LogP contribution in [0.2, 0.25) is 0 Å². The monoisotopic (exact) mass is 371 g/mol. The Labute approximate surface area is 161 Å². The smallest absolute Gasteiger partial charge is 0.262 e. The van der Waals surface area contributed by atoms with Gasteiger partial charge in [0.2, 0.25) is 0 Å². The number of methoxy groups -OCH3 is 1. The molecule has 2 aromatic carbocycles. The zero-order valence-corrected chi connectivity index (χ0v) is 15.1. The van der Waals surface area contributed by atoms with Gasteiger partial charge in [-0.3, -0.25) is 19.1 Å². The Balaban J connectivity index is 1.89. The summed E-state index contributed by atoms with van der Waals surface area (Å²) in [6.45, 7) is 0. The van der Waals surface area contributed by atoms with E-state index in [1.165, 1.54) is 4.57 Å². The fraction of sp³-hybridized carbons (Fsp3) is 0.0455. The molecule has 4 rings (SSSR count). The third kappa shape index (κ3) is 3.23. The van der Waals surface area contributed by atoms with Gasteiger partial charge < -0.3 is 10.1 Å². The van der Waals surface area contributed by atoms with Crippen molar-refractivity contribution < 1.29 is 9.53 Å². The van der Waals surface area contributed by atoms with Crippen molar-refractivity contribution in [3.8, 4) is 11.4 Å². The van der Waals surface area contributed by atoms with E-state index in [1.807, 2.05) is 0 Å². The molecule has 1 amide bonds. The maximum atomic E-state index is 13.0. The van der Waals surface area contributed by atoms with Crippen molar-refractivity contribution in [1.82, 2.24) is 9.55 Å². The molecule has 1 N–H and O–H groups in total. The molecule has 0 spiro atoms. The first kappa shape index (κ1) is 17.5. The Hall–Kier alpha value is -3.93.